The predicted molar refractivity (Wildman–Crippen MR) is 128 cm³/mol. The van der Waals surface area contributed by atoms with Gasteiger partial charge in [0.05, 0.1) is 28.4 Å². The van der Waals surface area contributed by atoms with E-state index in [9.17, 15) is 17.6 Å². The highest BCUT2D eigenvalue weighted by atomic mass is 32.2. The second-order valence-electron chi connectivity index (χ2n) is 7.82. The molecule has 0 radical (unpaired) electrons. The van der Waals surface area contributed by atoms with Crippen molar-refractivity contribution in [1.29, 1.82) is 0 Å². The summed E-state index contributed by atoms with van der Waals surface area (Å²) >= 11 is 0. The predicted octanol–water partition coefficient (Wildman–Crippen LogP) is 5.71. The largest absolute Gasteiger partial charge is 0.492 e. The number of halogens is 1. The van der Waals surface area contributed by atoms with Crippen molar-refractivity contribution in [2.45, 2.75) is 38.5 Å². The molecule has 0 fully saturated rings. The Bertz CT molecular complexity index is 1270. The standard InChI is InChI=1S/C25H27FN2O4S/c1-5-32-23-14-13-18(15-22(23)27-25(29)20-10-6-7-12-21(20)26)33(30,31)28-24-17(4)9-8-11-19(24)16(2)3/h6-16,28H,5H2,1-4H3,(H,27,29). The fraction of sp³-hybridized carbons (Fsp3) is 0.240. The molecule has 0 aliphatic rings. The third kappa shape index (κ3) is 5.51. The van der Waals surface area contributed by atoms with Gasteiger partial charge in [0.1, 0.15) is 11.6 Å². The van der Waals surface area contributed by atoms with E-state index >= 15 is 0 Å². The van der Waals surface area contributed by atoms with Crippen molar-refractivity contribution >= 4 is 27.3 Å². The molecule has 0 saturated heterocycles. The smallest absolute Gasteiger partial charge is 0.261 e. The van der Waals surface area contributed by atoms with Gasteiger partial charge in [-0.1, -0.05) is 44.2 Å². The van der Waals surface area contributed by atoms with Gasteiger partial charge in [0.2, 0.25) is 0 Å². The van der Waals surface area contributed by atoms with Gasteiger partial charge in [-0.25, -0.2) is 12.8 Å². The molecule has 0 aliphatic heterocycles. The van der Waals surface area contributed by atoms with E-state index in [0.29, 0.717) is 12.3 Å². The number of rotatable bonds is 8. The minimum Gasteiger partial charge on any atom is -0.492 e. The van der Waals surface area contributed by atoms with Crippen LogP contribution in [-0.4, -0.2) is 20.9 Å². The zero-order valence-electron chi connectivity index (χ0n) is 19.0. The number of carbonyl (C=O) groups is 1. The number of hydrogen-bond donors (Lipinski definition) is 2. The molecule has 33 heavy (non-hydrogen) atoms. The van der Waals surface area contributed by atoms with Crippen LogP contribution in [0.3, 0.4) is 0 Å². The number of anilines is 2. The van der Waals surface area contributed by atoms with Crippen molar-refractivity contribution in [1.82, 2.24) is 0 Å². The molecule has 0 heterocycles. The van der Waals surface area contributed by atoms with Gasteiger partial charge >= 0.3 is 0 Å². The number of ether oxygens (including phenoxy) is 1. The molecule has 3 aromatic carbocycles. The highest BCUT2D eigenvalue weighted by molar-refractivity contribution is 7.92. The molecular formula is C25H27FN2O4S. The summed E-state index contributed by atoms with van der Waals surface area (Å²) in [7, 11) is -3.99. The summed E-state index contributed by atoms with van der Waals surface area (Å²) in [4.78, 5) is 12.6. The van der Waals surface area contributed by atoms with Gasteiger partial charge in [0.25, 0.3) is 15.9 Å². The van der Waals surface area contributed by atoms with Crippen molar-refractivity contribution < 1.29 is 22.3 Å². The van der Waals surface area contributed by atoms with E-state index in [0.717, 1.165) is 11.1 Å². The highest BCUT2D eigenvalue weighted by Crippen LogP contribution is 2.32. The Kier molecular flexibility index (Phi) is 7.38. The van der Waals surface area contributed by atoms with Crippen LogP contribution in [0.1, 0.15) is 48.2 Å². The van der Waals surface area contributed by atoms with Gasteiger partial charge in [-0.05, 0) is 61.2 Å². The van der Waals surface area contributed by atoms with Crippen molar-refractivity contribution in [3.05, 3.63) is 83.2 Å². The first-order chi connectivity index (χ1) is 15.6. The zero-order chi connectivity index (χ0) is 24.2. The zero-order valence-corrected chi connectivity index (χ0v) is 19.8. The number of sulfonamides is 1. The molecule has 0 unspecified atom stereocenters. The molecule has 174 valence electrons. The van der Waals surface area contributed by atoms with Gasteiger partial charge in [0.15, 0.2) is 0 Å². The van der Waals surface area contributed by atoms with Crippen LogP contribution in [0.4, 0.5) is 15.8 Å². The van der Waals surface area contributed by atoms with E-state index in [1.807, 2.05) is 39.0 Å². The number of benzene rings is 3. The van der Waals surface area contributed by atoms with Crippen molar-refractivity contribution in [2.24, 2.45) is 0 Å². The molecular weight excluding hydrogens is 443 g/mol. The van der Waals surface area contributed by atoms with Crippen molar-refractivity contribution in [2.75, 3.05) is 16.6 Å². The average Bonchev–Trinajstić information content (AvgIpc) is 2.76. The molecule has 8 heteroatoms. The fourth-order valence-electron chi connectivity index (χ4n) is 3.39. The molecule has 0 spiro atoms. The lowest BCUT2D eigenvalue weighted by atomic mass is 9.99. The van der Waals surface area contributed by atoms with Gasteiger partial charge in [-0.15, -0.1) is 0 Å². The van der Waals surface area contributed by atoms with Crippen LogP contribution < -0.4 is 14.8 Å². The van der Waals surface area contributed by atoms with Crippen LogP contribution in [0.5, 0.6) is 5.75 Å². The second kappa shape index (κ2) is 10.0. The number of hydrogen-bond acceptors (Lipinski definition) is 4. The summed E-state index contributed by atoms with van der Waals surface area (Å²) < 4.78 is 48.7. The first kappa shape index (κ1) is 24.3. The summed E-state index contributed by atoms with van der Waals surface area (Å²) in [6.07, 6.45) is 0. The van der Waals surface area contributed by atoms with E-state index in [1.54, 1.807) is 13.0 Å². The second-order valence-corrected chi connectivity index (χ2v) is 9.51. The van der Waals surface area contributed by atoms with Crippen LogP contribution in [0.15, 0.2) is 65.6 Å². The van der Waals surface area contributed by atoms with E-state index in [-0.39, 0.29) is 27.8 Å². The van der Waals surface area contributed by atoms with E-state index in [1.165, 1.54) is 36.4 Å². The Labute approximate surface area is 193 Å². The Morgan fingerprint density at radius 1 is 1.06 bits per heavy atom. The lowest BCUT2D eigenvalue weighted by molar-refractivity contribution is 0.102. The first-order valence-electron chi connectivity index (χ1n) is 10.6. The molecule has 0 atom stereocenters. The van der Waals surface area contributed by atoms with Crippen LogP contribution in [0, 0.1) is 12.7 Å². The number of aryl methyl sites for hydroxylation is 1. The van der Waals surface area contributed by atoms with E-state index < -0.39 is 21.7 Å². The summed E-state index contributed by atoms with van der Waals surface area (Å²) in [6.45, 7) is 7.87. The van der Waals surface area contributed by atoms with Crippen LogP contribution >= 0.6 is 0 Å². The van der Waals surface area contributed by atoms with Crippen LogP contribution in [-0.2, 0) is 10.0 Å². The Hall–Kier alpha value is -3.39. The van der Waals surface area contributed by atoms with Gasteiger partial charge in [-0.2, -0.15) is 0 Å². The van der Waals surface area contributed by atoms with Crippen molar-refractivity contribution in [3.63, 3.8) is 0 Å². The summed E-state index contributed by atoms with van der Waals surface area (Å²) in [6, 6.07) is 15.3. The average molecular weight is 471 g/mol. The number of carbonyl (C=O) groups excluding carboxylic acids is 1. The topological polar surface area (TPSA) is 84.5 Å². The highest BCUT2D eigenvalue weighted by Gasteiger charge is 2.21. The quantitative estimate of drug-likeness (QED) is 0.442. The summed E-state index contributed by atoms with van der Waals surface area (Å²) in [5.41, 5.74) is 2.16. The van der Waals surface area contributed by atoms with Gasteiger partial charge in [0, 0.05) is 0 Å². The molecule has 0 bridgehead atoms. The normalized spacial score (nSPS) is 11.3. The van der Waals surface area contributed by atoms with E-state index in [4.69, 9.17) is 4.74 Å². The maximum Gasteiger partial charge on any atom is 0.261 e. The van der Waals surface area contributed by atoms with Crippen molar-refractivity contribution in [3.8, 4) is 5.75 Å². The lowest BCUT2D eigenvalue weighted by Gasteiger charge is -2.18. The Balaban J connectivity index is 1.99. The maximum absolute atomic E-state index is 14.0. The number of nitrogens with one attached hydrogen (secondary N) is 2. The minimum absolute atomic E-state index is 0.0623. The molecule has 0 aliphatic carbocycles. The molecule has 1 amide bonds. The number of amides is 1. The molecule has 3 aromatic rings. The lowest BCUT2D eigenvalue weighted by Crippen LogP contribution is -2.18. The van der Waals surface area contributed by atoms with Crippen LogP contribution in [0.25, 0.3) is 0 Å². The third-order valence-corrected chi connectivity index (χ3v) is 6.44. The summed E-state index contributed by atoms with van der Waals surface area (Å²) in [5.74, 6) is -1.00. The molecule has 3 rings (SSSR count). The first-order valence-corrected chi connectivity index (χ1v) is 12.1. The monoisotopic (exact) mass is 470 g/mol. The van der Waals surface area contributed by atoms with Gasteiger partial charge in [-0.3, -0.25) is 9.52 Å². The van der Waals surface area contributed by atoms with E-state index in [2.05, 4.69) is 10.0 Å². The Morgan fingerprint density at radius 2 is 1.79 bits per heavy atom. The van der Waals surface area contributed by atoms with Gasteiger partial charge < -0.3 is 10.1 Å². The Morgan fingerprint density at radius 3 is 2.45 bits per heavy atom. The SMILES string of the molecule is CCOc1ccc(S(=O)(=O)Nc2c(C)cccc2C(C)C)cc1NC(=O)c1ccccc1F. The maximum atomic E-state index is 14.0. The molecule has 6 nitrogen and oxygen atoms in total. The minimum atomic E-state index is -3.99. The fourth-order valence-corrected chi connectivity index (χ4v) is 4.58. The molecule has 2 N–H and O–H groups in total. The summed E-state index contributed by atoms with van der Waals surface area (Å²) in [5, 5.41) is 2.57. The molecule has 0 saturated carbocycles. The number of para-hydroxylation sites is 1. The third-order valence-electron chi connectivity index (χ3n) is 5.09. The molecule has 0 aromatic heterocycles. The van der Waals surface area contributed by atoms with Crippen LogP contribution in [0.2, 0.25) is 0 Å².